The fourth-order valence-electron chi connectivity index (χ4n) is 1.17. The number of nitrogens with zero attached hydrogens (tertiary/aromatic N) is 1. The van der Waals surface area contributed by atoms with Gasteiger partial charge in [-0.2, -0.15) is 5.26 Å². The molecule has 2 nitrogen and oxygen atoms in total. The smallest absolute Gasteiger partial charge is 0.149 e. The summed E-state index contributed by atoms with van der Waals surface area (Å²) in [6.45, 7) is 0. The fraction of sp³-hybridized carbons (Fsp3) is 0. The fourth-order valence-corrected chi connectivity index (χ4v) is 1.98. The molecule has 2 rings (SSSR count). The van der Waals surface area contributed by atoms with Crippen LogP contribution in [0.1, 0.15) is 5.56 Å². The van der Waals surface area contributed by atoms with Gasteiger partial charge in [-0.3, -0.25) is 0 Å². The van der Waals surface area contributed by atoms with E-state index in [1.54, 1.807) is 17.5 Å². The van der Waals surface area contributed by atoms with Crippen molar-refractivity contribution in [2.24, 2.45) is 0 Å². The highest BCUT2D eigenvalue weighted by molar-refractivity contribution is 7.17. The Morgan fingerprint density at radius 1 is 1.54 bits per heavy atom. The van der Waals surface area contributed by atoms with E-state index in [4.69, 9.17) is 5.26 Å². The minimum Gasteiger partial charge on any atom is -0.506 e. The zero-order valence-electron chi connectivity index (χ0n) is 6.41. The van der Waals surface area contributed by atoms with E-state index in [0.717, 1.165) is 6.07 Å². The molecule has 0 fully saturated rings. The second-order valence-corrected chi connectivity index (χ2v) is 3.45. The van der Waals surface area contributed by atoms with Crippen LogP contribution < -0.4 is 0 Å². The lowest BCUT2D eigenvalue weighted by Crippen LogP contribution is -1.83. The molecular weight excluding hydrogens is 189 g/mol. The summed E-state index contributed by atoms with van der Waals surface area (Å²) in [4.78, 5) is 0. The molecule has 1 aromatic carbocycles. The Hall–Kier alpha value is -1.60. The zero-order valence-corrected chi connectivity index (χ0v) is 7.23. The van der Waals surface area contributed by atoms with Crippen molar-refractivity contribution in [1.29, 1.82) is 5.26 Å². The summed E-state index contributed by atoms with van der Waals surface area (Å²) in [5.41, 5.74) is -0.122. The minimum absolute atomic E-state index is 0.0389. The molecule has 0 atom stereocenters. The molecule has 0 aliphatic heterocycles. The van der Waals surface area contributed by atoms with Crippen molar-refractivity contribution in [2.45, 2.75) is 0 Å². The predicted octanol–water partition coefficient (Wildman–Crippen LogP) is 2.62. The van der Waals surface area contributed by atoms with E-state index in [0.29, 0.717) is 10.1 Å². The first-order valence-electron chi connectivity index (χ1n) is 3.53. The molecule has 0 bridgehead atoms. The molecular formula is C9H4FNOS. The van der Waals surface area contributed by atoms with E-state index in [9.17, 15) is 9.50 Å². The second kappa shape index (κ2) is 2.71. The van der Waals surface area contributed by atoms with E-state index in [-0.39, 0.29) is 11.3 Å². The molecule has 1 aromatic heterocycles. The Labute approximate surface area is 77.5 Å². The van der Waals surface area contributed by atoms with E-state index in [1.165, 1.54) is 11.3 Å². The van der Waals surface area contributed by atoms with Gasteiger partial charge in [0, 0.05) is 11.5 Å². The molecule has 2 aromatic rings. The van der Waals surface area contributed by atoms with E-state index in [2.05, 4.69) is 0 Å². The van der Waals surface area contributed by atoms with Crippen LogP contribution in [-0.4, -0.2) is 5.11 Å². The van der Waals surface area contributed by atoms with E-state index in [1.807, 2.05) is 0 Å². The Balaban J connectivity index is 2.95. The number of hydrogen-bond donors (Lipinski definition) is 1. The summed E-state index contributed by atoms with van der Waals surface area (Å²) in [5.74, 6) is -0.598. The van der Waals surface area contributed by atoms with Gasteiger partial charge in [-0.25, -0.2) is 4.39 Å². The number of hydrogen-bond acceptors (Lipinski definition) is 3. The van der Waals surface area contributed by atoms with Crippen molar-refractivity contribution in [3.63, 3.8) is 0 Å². The Morgan fingerprint density at radius 2 is 2.31 bits per heavy atom. The monoisotopic (exact) mass is 193 g/mol. The summed E-state index contributed by atoms with van der Waals surface area (Å²) in [6.07, 6.45) is 0. The second-order valence-electron chi connectivity index (χ2n) is 2.53. The topological polar surface area (TPSA) is 44.0 Å². The number of thiophene rings is 1. The number of phenols is 1. The van der Waals surface area contributed by atoms with Crippen LogP contribution >= 0.6 is 11.3 Å². The summed E-state index contributed by atoms with van der Waals surface area (Å²) in [6, 6.07) is 4.39. The average Bonchev–Trinajstić information content (AvgIpc) is 2.60. The molecule has 4 heteroatoms. The molecule has 13 heavy (non-hydrogen) atoms. The SMILES string of the molecule is N#Cc1cc(O)c2sccc2c1F. The van der Waals surface area contributed by atoms with Crippen molar-refractivity contribution >= 4 is 21.4 Å². The van der Waals surface area contributed by atoms with Gasteiger partial charge >= 0.3 is 0 Å². The molecule has 0 aliphatic rings. The standard InChI is InChI=1S/C9H4FNOS/c10-8-5(4-11)3-7(12)9-6(8)1-2-13-9/h1-3,12H. The Kier molecular flexibility index (Phi) is 1.67. The number of nitriles is 1. The maximum absolute atomic E-state index is 13.4. The molecule has 1 heterocycles. The van der Waals surface area contributed by atoms with Crippen molar-refractivity contribution in [1.82, 2.24) is 0 Å². The van der Waals surface area contributed by atoms with Crippen molar-refractivity contribution in [3.05, 3.63) is 28.9 Å². The van der Waals surface area contributed by atoms with Gasteiger partial charge in [0.1, 0.15) is 17.6 Å². The summed E-state index contributed by atoms with van der Waals surface area (Å²) in [7, 11) is 0. The van der Waals surface area contributed by atoms with Crippen molar-refractivity contribution < 1.29 is 9.50 Å². The first-order chi connectivity index (χ1) is 6.24. The highest BCUT2D eigenvalue weighted by Crippen LogP contribution is 2.33. The molecule has 1 N–H and O–H groups in total. The van der Waals surface area contributed by atoms with Crippen LogP contribution in [0.25, 0.3) is 10.1 Å². The van der Waals surface area contributed by atoms with Gasteiger partial charge in [0.05, 0.1) is 10.3 Å². The Morgan fingerprint density at radius 3 is 3.00 bits per heavy atom. The molecule has 0 aliphatic carbocycles. The van der Waals surface area contributed by atoms with Crippen LogP contribution in [0.3, 0.4) is 0 Å². The van der Waals surface area contributed by atoms with Gasteiger partial charge in [-0.15, -0.1) is 11.3 Å². The van der Waals surface area contributed by atoms with E-state index >= 15 is 0 Å². The van der Waals surface area contributed by atoms with Crippen LogP contribution in [0.2, 0.25) is 0 Å². The van der Waals surface area contributed by atoms with Crippen LogP contribution in [0, 0.1) is 17.1 Å². The zero-order chi connectivity index (χ0) is 9.42. The maximum atomic E-state index is 13.4. The molecule has 0 saturated heterocycles. The van der Waals surface area contributed by atoms with Crippen molar-refractivity contribution in [2.75, 3.05) is 0 Å². The normalized spacial score (nSPS) is 10.2. The third-order valence-electron chi connectivity index (χ3n) is 1.77. The molecule has 0 saturated carbocycles. The lowest BCUT2D eigenvalue weighted by atomic mass is 10.1. The first kappa shape index (κ1) is 8.02. The van der Waals surface area contributed by atoms with Crippen LogP contribution in [0.5, 0.6) is 5.75 Å². The lowest BCUT2D eigenvalue weighted by Gasteiger charge is -1.97. The summed E-state index contributed by atoms with van der Waals surface area (Å²) >= 11 is 1.25. The number of halogens is 1. The average molecular weight is 193 g/mol. The molecule has 0 radical (unpaired) electrons. The third kappa shape index (κ3) is 1.05. The number of benzene rings is 1. The number of phenolic OH excluding ortho intramolecular Hbond substituents is 1. The first-order valence-corrected chi connectivity index (χ1v) is 4.41. The molecule has 0 spiro atoms. The number of rotatable bonds is 0. The van der Waals surface area contributed by atoms with E-state index < -0.39 is 5.82 Å². The van der Waals surface area contributed by atoms with Gasteiger partial charge in [0.2, 0.25) is 0 Å². The summed E-state index contributed by atoms with van der Waals surface area (Å²) in [5, 5.41) is 19.9. The van der Waals surface area contributed by atoms with Crippen LogP contribution in [-0.2, 0) is 0 Å². The maximum Gasteiger partial charge on any atom is 0.149 e. The van der Waals surface area contributed by atoms with Gasteiger partial charge < -0.3 is 5.11 Å². The highest BCUT2D eigenvalue weighted by atomic mass is 32.1. The van der Waals surface area contributed by atoms with Crippen LogP contribution in [0.15, 0.2) is 17.5 Å². The largest absolute Gasteiger partial charge is 0.506 e. The van der Waals surface area contributed by atoms with Gasteiger partial charge in [-0.1, -0.05) is 0 Å². The van der Waals surface area contributed by atoms with Gasteiger partial charge in [0.25, 0.3) is 0 Å². The highest BCUT2D eigenvalue weighted by Gasteiger charge is 2.11. The third-order valence-corrected chi connectivity index (χ3v) is 2.71. The number of fused-ring (bicyclic) bond motifs is 1. The van der Waals surface area contributed by atoms with Gasteiger partial charge in [0.15, 0.2) is 0 Å². The van der Waals surface area contributed by atoms with Crippen LogP contribution in [0.4, 0.5) is 4.39 Å². The number of aromatic hydroxyl groups is 1. The quantitative estimate of drug-likeness (QED) is 0.698. The molecule has 64 valence electrons. The summed E-state index contributed by atoms with van der Waals surface area (Å²) < 4.78 is 13.8. The van der Waals surface area contributed by atoms with Crippen molar-refractivity contribution in [3.8, 4) is 11.8 Å². The Bertz CT molecular complexity index is 512. The predicted molar refractivity (Wildman–Crippen MR) is 48.2 cm³/mol. The molecule has 0 amide bonds. The molecule has 0 unspecified atom stereocenters. The lowest BCUT2D eigenvalue weighted by molar-refractivity contribution is 0.481. The van der Waals surface area contributed by atoms with Gasteiger partial charge in [-0.05, 0) is 11.4 Å². The minimum atomic E-state index is -0.559.